The first-order valence-corrected chi connectivity index (χ1v) is 7.82. The van der Waals surface area contributed by atoms with Crippen LogP contribution in [0.5, 0.6) is 0 Å². The van der Waals surface area contributed by atoms with Gasteiger partial charge in [0.2, 0.25) is 0 Å². The van der Waals surface area contributed by atoms with Gasteiger partial charge in [0, 0.05) is 12.0 Å². The first kappa shape index (κ1) is 14.9. The Morgan fingerprint density at radius 3 is 2.96 bits per heavy atom. The molecule has 7 heteroatoms. The smallest absolute Gasteiger partial charge is 0.259 e. The van der Waals surface area contributed by atoms with Gasteiger partial charge >= 0.3 is 0 Å². The molecule has 1 amide bonds. The molecule has 24 heavy (non-hydrogen) atoms. The molecule has 3 aromatic heterocycles. The van der Waals surface area contributed by atoms with E-state index in [9.17, 15) is 9.90 Å². The van der Waals surface area contributed by atoms with Crippen LogP contribution in [0.2, 0.25) is 0 Å². The summed E-state index contributed by atoms with van der Waals surface area (Å²) in [5.74, 6) is 0.315. The van der Waals surface area contributed by atoms with Crippen molar-refractivity contribution in [1.29, 1.82) is 0 Å². The van der Waals surface area contributed by atoms with Crippen LogP contribution in [0.15, 0.2) is 33.4 Å². The predicted molar refractivity (Wildman–Crippen MR) is 85.3 cm³/mol. The molecule has 0 aliphatic heterocycles. The second-order valence-electron chi connectivity index (χ2n) is 6.32. The molecule has 1 aliphatic carbocycles. The molecule has 0 bridgehead atoms. The van der Waals surface area contributed by atoms with Crippen molar-refractivity contribution in [1.82, 2.24) is 15.5 Å². The van der Waals surface area contributed by atoms with E-state index in [1.807, 2.05) is 0 Å². The summed E-state index contributed by atoms with van der Waals surface area (Å²) in [7, 11) is 0. The largest absolute Gasteiger partial charge is 0.463 e. The Bertz CT molecular complexity index is 894. The second kappa shape index (κ2) is 5.45. The molecule has 7 nitrogen and oxygen atoms in total. The minimum Gasteiger partial charge on any atom is -0.463 e. The molecule has 0 radical (unpaired) electrons. The molecule has 1 aliphatic rings. The van der Waals surface area contributed by atoms with E-state index in [0.29, 0.717) is 40.4 Å². The number of pyridine rings is 1. The number of carbonyl (C=O) groups excluding carboxylic acids is 1. The lowest BCUT2D eigenvalue weighted by molar-refractivity contribution is 0.0936. The second-order valence-corrected chi connectivity index (χ2v) is 6.32. The number of furan rings is 1. The van der Waals surface area contributed by atoms with Gasteiger partial charge in [-0.1, -0.05) is 5.16 Å². The van der Waals surface area contributed by atoms with Crippen LogP contribution in [0, 0.1) is 12.3 Å². The summed E-state index contributed by atoms with van der Waals surface area (Å²) in [6.07, 6.45) is 3.41. The van der Waals surface area contributed by atoms with E-state index < -0.39 is 0 Å². The van der Waals surface area contributed by atoms with E-state index in [2.05, 4.69) is 15.5 Å². The topological polar surface area (TPSA) is 101 Å². The number of aliphatic hydroxyl groups is 1. The SMILES string of the molecule is Cc1noc2nc(-c3ccco3)cc(C(=O)NCC3(CO)CC3)c12. The number of aliphatic hydroxyl groups excluding tert-OH is 1. The van der Waals surface area contributed by atoms with Crippen LogP contribution in [-0.4, -0.2) is 34.3 Å². The van der Waals surface area contributed by atoms with Gasteiger partial charge in [-0.3, -0.25) is 4.79 Å². The maximum absolute atomic E-state index is 12.7. The number of hydrogen-bond acceptors (Lipinski definition) is 6. The van der Waals surface area contributed by atoms with Gasteiger partial charge in [0.1, 0.15) is 5.69 Å². The fraction of sp³-hybridized carbons (Fsp3) is 0.353. The van der Waals surface area contributed by atoms with Gasteiger partial charge in [-0.25, -0.2) is 4.98 Å². The number of aryl methyl sites for hydroxylation is 1. The lowest BCUT2D eigenvalue weighted by Crippen LogP contribution is -2.32. The van der Waals surface area contributed by atoms with Gasteiger partial charge < -0.3 is 19.4 Å². The average Bonchev–Trinajstić information content (AvgIpc) is 3.00. The van der Waals surface area contributed by atoms with Crippen LogP contribution in [0.3, 0.4) is 0 Å². The molecule has 124 valence electrons. The number of nitrogens with one attached hydrogen (secondary N) is 1. The molecule has 3 heterocycles. The fourth-order valence-corrected chi connectivity index (χ4v) is 2.75. The van der Waals surface area contributed by atoms with Gasteiger partial charge in [-0.15, -0.1) is 0 Å². The molecule has 0 aromatic carbocycles. The number of amides is 1. The molecular weight excluding hydrogens is 310 g/mol. The third-order valence-corrected chi connectivity index (χ3v) is 4.55. The number of hydrogen-bond donors (Lipinski definition) is 2. The predicted octanol–water partition coefficient (Wildman–Crippen LogP) is 2.29. The molecule has 0 atom stereocenters. The summed E-state index contributed by atoms with van der Waals surface area (Å²) < 4.78 is 10.6. The van der Waals surface area contributed by atoms with Crippen molar-refractivity contribution in [3.63, 3.8) is 0 Å². The van der Waals surface area contributed by atoms with Crippen LogP contribution < -0.4 is 5.32 Å². The van der Waals surface area contributed by atoms with Crippen molar-refractivity contribution < 1.29 is 18.8 Å². The van der Waals surface area contributed by atoms with Crippen molar-refractivity contribution in [2.24, 2.45) is 5.41 Å². The Labute approximate surface area is 137 Å². The maximum atomic E-state index is 12.7. The van der Waals surface area contributed by atoms with Crippen molar-refractivity contribution in [3.05, 3.63) is 35.7 Å². The Hall–Kier alpha value is -2.67. The van der Waals surface area contributed by atoms with E-state index in [-0.39, 0.29) is 17.9 Å². The van der Waals surface area contributed by atoms with E-state index >= 15 is 0 Å². The quantitative estimate of drug-likeness (QED) is 0.745. The van der Waals surface area contributed by atoms with Crippen molar-refractivity contribution >= 4 is 17.0 Å². The highest BCUT2D eigenvalue weighted by atomic mass is 16.5. The molecule has 1 fully saturated rings. The maximum Gasteiger partial charge on any atom is 0.259 e. The summed E-state index contributed by atoms with van der Waals surface area (Å²) >= 11 is 0. The fourth-order valence-electron chi connectivity index (χ4n) is 2.75. The van der Waals surface area contributed by atoms with E-state index in [1.165, 1.54) is 0 Å². The molecular formula is C17H17N3O4. The Balaban J connectivity index is 1.72. The Morgan fingerprint density at radius 2 is 2.29 bits per heavy atom. The lowest BCUT2D eigenvalue weighted by atomic mass is 10.1. The van der Waals surface area contributed by atoms with Gasteiger partial charge in [-0.2, -0.15) is 0 Å². The third kappa shape index (κ3) is 2.46. The molecule has 3 aromatic rings. The summed E-state index contributed by atoms with van der Waals surface area (Å²) in [5, 5.41) is 16.8. The first-order chi connectivity index (χ1) is 11.6. The highest BCUT2D eigenvalue weighted by Gasteiger charge is 2.42. The van der Waals surface area contributed by atoms with Crippen LogP contribution >= 0.6 is 0 Å². The Kier molecular flexibility index (Phi) is 3.38. The Morgan fingerprint density at radius 1 is 1.46 bits per heavy atom. The summed E-state index contributed by atoms with van der Waals surface area (Å²) in [4.78, 5) is 17.1. The third-order valence-electron chi connectivity index (χ3n) is 4.55. The summed E-state index contributed by atoms with van der Waals surface area (Å²) in [6.45, 7) is 2.31. The van der Waals surface area contributed by atoms with Crippen LogP contribution in [0.4, 0.5) is 0 Å². The van der Waals surface area contributed by atoms with Crippen molar-refractivity contribution in [2.45, 2.75) is 19.8 Å². The standard InChI is InChI=1S/C17H17N3O4/c1-10-14-11(15(22)18-8-17(9-21)4-5-17)7-12(13-3-2-6-23-13)19-16(14)24-20-10/h2-3,6-7,21H,4-5,8-9H2,1H3,(H,18,22). The summed E-state index contributed by atoms with van der Waals surface area (Å²) in [5.41, 5.74) is 1.71. The van der Waals surface area contributed by atoms with Gasteiger partial charge in [-0.05, 0) is 38.0 Å². The number of rotatable bonds is 5. The lowest BCUT2D eigenvalue weighted by Gasteiger charge is -2.13. The van der Waals surface area contributed by atoms with Crippen LogP contribution in [0.1, 0.15) is 28.9 Å². The first-order valence-electron chi connectivity index (χ1n) is 7.82. The zero-order valence-electron chi connectivity index (χ0n) is 13.2. The van der Waals surface area contributed by atoms with Gasteiger partial charge in [0.05, 0.1) is 29.5 Å². The van der Waals surface area contributed by atoms with Crippen LogP contribution in [0.25, 0.3) is 22.6 Å². The normalized spacial score (nSPS) is 15.6. The summed E-state index contributed by atoms with van der Waals surface area (Å²) in [6, 6.07) is 5.20. The van der Waals surface area contributed by atoms with E-state index in [0.717, 1.165) is 12.8 Å². The minimum absolute atomic E-state index is 0.0863. The highest BCUT2D eigenvalue weighted by molar-refractivity contribution is 6.06. The molecule has 0 saturated heterocycles. The average molecular weight is 327 g/mol. The molecule has 1 saturated carbocycles. The molecule has 2 N–H and O–H groups in total. The van der Waals surface area contributed by atoms with E-state index in [4.69, 9.17) is 8.94 Å². The molecule has 4 rings (SSSR count). The highest BCUT2D eigenvalue weighted by Crippen LogP contribution is 2.44. The van der Waals surface area contributed by atoms with Crippen LogP contribution in [-0.2, 0) is 0 Å². The zero-order valence-corrected chi connectivity index (χ0v) is 13.2. The minimum atomic E-state index is -0.235. The number of aromatic nitrogens is 2. The zero-order chi connectivity index (χ0) is 16.7. The number of fused-ring (bicyclic) bond motifs is 1. The molecule has 0 spiro atoms. The van der Waals surface area contributed by atoms with E-state index in [1.54, 1.807) is 31.4 Å². The number of nitrogens with zero attached hydrogens (tertiary/aromatic N) is 2. The monoisotopic (exact) mass is 327 g/mol. The van der Waals surface area contributed by atoms with Gasteiger partial charge in [0.15, 0.2) is 5.76 Å². The molecule has 0 unspecified atom stereocenters. The van der Waals surface area contributed by atoms with Crippen molar-refractivity contribution in [3.8, 4) is 11.5 Å². The van der Waals surface area contributed by atoms with Crippen molar-refractivity contribution in [2.75, 3.05) is 13.2 Å². The van der Waals surface area contributed by atoms with Gasteiger partial charge in [0.25, 0.3) is 11.6 Å². The number of carbonyl (C=O) groups is 1.